The second-order valence-corrected chi connectivity index (χ2v) is 0.549. The molecule has 0 aliphatic carbocycles. The van der Waals surface area contributed by atoms with Gasteiger partial charge < -0.3 is 28.0 Å². The molecule has 0 atom stereocenters. The van der Waals surface area contributed by atoms with Crippen molar-refractivity contribution in [2.75, 3.05) is 6.54 Å². The Bertz CT molecular complexity index is 120. The van der Waals surface area contributed by atoms with E-state index in [9.17, 15) is 0 Å². The average molecular weight is 294 g/mol. The van der Waals surface area contributed by atoms with E-state index in [0.29, 0.717) is 0 Å². The van der Waals surface area contributed by atoms with Crippen molar-refractivity contribution in [2.45, 2.75) is 0 Å². The molecule has 0 amide bonds. The molecule has 13 heavy (non-hydrogen) atoms. The molecular formula is C5H3ClNO5Ru. The second-order valence-electron chi connectivity index (χ2n) is 0.549. The fourth-order valence-corrected chi connectivity index (χ4v) is 0. The van der Waals surface area contributed by atoms with Crippen molar-refractivity contribution in [3.8, 4) is 0 Å². The number of hydrogen-bond donors (Lipinski definition) is 0. The quantitative estimate of drug-likeness (QED) is 0.275. The van der Waals surface area contributed by atoms with Gasteiger partial charge in [0.05, 0.1) is 0 Å². The van der Waals surface area contributed by atoms with Crippen molar-refractivity contribution in [2.24, 2.45) is 0 Å². The van der Waals surface area contributed by atoms with Crippen molar-refractivity contribution in [3.05, 3.63) is 25.7 Å². The Morgan fingerprint density at radius 2 is 1.23 bits per heavy atom. The first kappa shape index (κ1) is 39.0. The van der Waals surface area contributed by atoms with Gasteiger partial charge in [-0.15, -0.1) is 6.54 Å². The zero-order valence-electron chi connectivity index (χ0n) is 5.98. The van der Waals surface area contributed by atoms with E-state index in [4.69, 9.17) is 29.6 Å². The summed E-state index contributed by atoms with van der Waals surface area (Å²) >= 11 is 0. The van der Waals surface area contributed by atoms with Crippen LogP contribution in [0.4, 0.5) is 0 Å². The molecule has 0 unspecified atom stereocenters. The molecule has 0 aromatic carbocycles. The molecule has 6 nitrogen and oxygen atoms in total. The maximum absolute atomic E-state index is 9.07. The third kappa shape index (κ3) is 433. The van der Waals surface area contributed by atoms with Crippen LogP contribution in [0.15, 0.2) is 0 Å². The summed E-state index contributed by atoms with van der Waals surface area (Å²) in [6.07, 6.45) is 0. The van der Waals surface area contributed by atoms with Gasteiger partial charge in [0.2, 0.25) is 0 Å². The van der Waals surface area contributed by atoms with Crippen LogP contribution in [-0.4, -0.2) is 12.5 Å². The Morgan fingerprint density at radius 3 is 1.23 bits per heavy atom. The Hall–Kier alpha value is -0.437. The molecule has 0 aliphatic rings. The minimum absolute atomic E-state index is 0. The Morgan fingerprint density at radius 1 is 1.15 bits per heavy atom. The van der Waals surface area contributed by atoms with Gasteiger partial charge in [-0.05, 0) is 0 Å². The molecule has 0 aromatic heterocycles. The fraction of sp³-hybridized carbons (Fsp3) is 0.200. The van der Waals surface area contributed by atoms with E-state index < -0.39 is 12.5 Å². The number of rotatable bonds is 1. The zero-order chi connectivity index (χ0) is 10.3. The van der Waals surface area contributed by atoms with Gasteiger partial charge in [-0.1, -0.05) is 0 Å². The number of hydrogen-bond acceptors (Lipinski definition) is 2. The number of halogens is 1. The Balaban J connectivity index is -0.0000000135. The van der Waals surface area contributed by atoms with Crippen LogP contribution >= 0.6 is 0 Å². The van der Waals surface area contributed by atoms with Crippen LogP contribution in [0.25, 0.3) is 5.73 Å². The van der Waals surface area contributed by atoms with Gasteiger partial charge in [0.25, 0.3) is 0 Å². The maximum Gasteiger partial charge on any atom is 3.00 e. The minimum Gasteiger partial charge on any atom is -1.00 e. The third-order valence-corrected chi connectivity index (χ3v) is 0.144. The van der Waals surface area contributed by atoms with Gasteiger partial charge in [0.15, 0.2) is 0 Å². The van der Waals surface area contributed by atoms with E-state index in [1.165, 1.54) is 0 Å². The summed E-state index contributed by atoms with van der Waals surface area (Å²) in [5.41, 5.74) is 6.00. The van der Waals surface area contributed by atoms with Crippen molar-refractivity contribution in [1.82, 2.24) is 0 Å². The molecule has 0 heterocycles. The number of carboxylic acid groups (broad SMARTS) is 1. The number of carbonyl (C=O) groups is 1. The largest absolute Gasteiger partial charge is 3.00 e. The maximum atomic E-state index is 9.07. The zero-order valence-corrected chi connectivity index (χ0v) is 8.47. The summed E-state index contributed by atoms with van der Waals surface area (Å²) in [7, 11) is 0. The van der Waals surface area contributed by atoms with Crippen LogP contribution in [-0.2, 0) is 38.2 Å². The summed E-state index contributed by atoms with van der Waals surface area (Å²) in [4.78, 5) is 9.07. The van der Waals surface area contributed by atoms with Crippen LogP contribution < -0.4 is 17.5 Å². The van der Waals surface area contributed by atoms with Crippen LogP contribution in [0.3, 0.4) is 0 Å². The van der Waals surface area contributed by atoms with E-state index in [1.807, 2.05) is 0 Å². The molecule has 0 fully saturated rings. The number of aliphatic carboxylic acids is 1. The molecule has 0 aromatic rings. The molecule has 0 saturated heterocycles. The molecule has 1 N–H and O–H groups in total. The molecule has 0 aliphatic heterocycles. The molecule has 0 spiro atoms. The molecule has 0 bridgehead atoms. The van der Waals surface area contributed by atoms with Gasteiger partial charge in [0, 0.05) is 5.97 Å². The number of carbonyl (C=O) groups excluding carboxylic acids is 1. The van der Waals surface area contributed by atoms with Crippen molar-refractivity contribution in [3.63, 3.8) is 0 Å². The first-order valence-electron chi connectivity index (χ1n) is 1.73. The van der Waals surface area contributed by atoms with Gasteiger partial charge >= 0.3 is 53.4 Å². The fourth-order valence-electron chi connectivity index (χ4n) is 0. The van der Waals surface area contributed by atoms with Gasteiger partial charge in [-0.3, -0.25) is 0 Å². The van der Waals surface area contributed by atoms with E-state index in [2.05, 4.69) is 20.0 Å². The van der Waals surface area contributed by atoms with Crippen molar-refractivity contribution >= 4 is 5.97 Å². The van der Waals surface area contributed by atoms with Crippen LogP contribution in [0.5, 0.6) is 0 Å². The summed E-state index contributed by atoms with van der Waals surface area (Å²) < 4.78 is 22.5. The first-order valence-corrected chi connectivity index (χ1v) is 1.73. The van der Waals surface area contributed by atoms with E-state index in [1.54, 1.807) is 0 Å². The molecule has 0 rings (SSSR count). The minimum atomic E-state index is -1.33. The summed E-state index contributed by atoms with van der Waals surface area (Å²) in [6.45, 7) is 12.9. The van der Waals surface area contributed by atoms with Gasteiger partial charge in [-0.2, -0.15) is 0 Å². The van der Waals surface area contributed by atoms with Gasteiger partial charge in [0.1, 0.15) is 0 Å². The summed E-state index contributed by atoms with van der Waals surface area (Å²) in [5.74, 6) is -1.33. The average Bonchev–Trinajstić information content (AvgIpc) is 2.15. The second kappa shape index (κ2) is 102. The van der Waals surface area contributed by atoms with Crippen LogP contribution in [0.2, 0.25) is 0 Å². The molecule has 1 radical (unpaired) electrons. The number of nitrogens with one attached hydrogen (secondary N) is 1. The topological polar surface area (TPSA) is 124 Å². The Labute approximate surface area is 94.2 Å². The van der Waals surface area contributed by atoms with Gasteiger partial charge in [-0.25, -0.2) is 0 Å². The van der Waals surface area contributed by atoms with Crippen molar-refractivity contribution < 1.29 is 55.7 Å². The standard InChI is InChI=1S/C2H4NO2.3CO.ClH.Ru/c3-1-2(4)5;3*1-2;;/h3H,1H2,(H,4,5);;;;1H;/q-1;;;;;+3/p-2. The molecule has 73 valence electrons. The summed E-state index contributed by atoms with van der Waals surface area (Å²) in [6, 6.07) is 0. The smallest absolute Gasteiger partial charge is 1.00 e. The van der Waals surface area contributed by atoms with E-state index in [0.717, 1.165) is 0 Å². The van der Waals surface area contributed by atoms with E-state index in [-0.39, 0.29) is 31.9 Å². The third-order valence-electron chi connectivity index (χ3n) is 0.144. The van der Waals surface area contributed by atoms with E-state index >= 15 is 0 Å². The monoisotopic (exact) mass is 294 g/mol. The normalized spacial score (nSPS) is 3.31. The predicted molar refractivity (Wildman–Crippen MR) is 26.0 cm³/mol. The first-order chi connectivity index (χ1) is 5.27. The SMILES string of the molecule is [C-]#[O+].[C-]#[O+].[C-]#[O+].[Cl-].[NH-]CC(=O)[O-].[Ru+3]. The molecular weight excluding hydrogens is 291 g/mol. The van der Waals surface area contributed by atoms with Crippen LogP contribution in [0, 0.1) is 20.0 Å². The molecule has 8 heteroatoms. The molecule has 0 saturated carbocycles. The van der Waals surface area contributed by atoms with Crippen molar-refractivity contribution in [1.29, 1.82) is 0 Å². The van der Waals surface area contributed by atoms with Crippen LogP contribution in [0.1, 0.15) is 0 Å². The Kier molecular flexibility index (Phi) is 305. The number of carboxylic acids is 1. The summed E-state index contributed by atoms with van der Waals surface area (Å²) in [5, 5.41) is 9.07. The predicted octanol–water partition coefficient (Wildman–Crippen LogP) is -4.32.